The number of nitrogens with two attached hydrogens (primary N) is 1. The Morgan fingerprint density at radius 1 is 0.490 bits per heavy atom. The van der Waals surface area contributed by atoms with E-state index < -0.39 is 0 Å². The number of rotatable bonds is 6. The third-order valence-electron chi connectivity index (χ3n) is 10.00. The molecule has 0 fully saturated rings. The first-order valence-corrected chi connectivity index (χ1v) is 17.3. The summed E-state index contributed by atoms with van der Waals surface area (Å²) in [5.41, 5.74) is 18.4. The molecule has 9 aromatic rings. The first-order valence-electron chi connectivity index (χ1n) is 17.3. The molecule has 8 aromatic carbocycles. The second-order valence-corrected chi connectivity index (χ2v) is 13.1. The van der Waals surface area contributed by atoms with Gasteiger partial charge in [-0.15, -0.1) is 0 Å². The van der Waals surface area contributed by atoms with Gasteiger partial charge < -0.3 is 5.73 Å². The maximum absolute atomic E-state index is 7.17. The average molecular weight is 651 g/mol. The van der Waals surface area contributed by atoms with Crippen molar-refractivity contribution in [3.8, 4) is 22.3 Å². The van der Waals surface area contributed by atoms with Gasteiger partial charge in [0.2, 0.25) is 0 Å². The smallest absolute Gasteiger partial charge is 0.0702 e. The van der Waals surface area contributed by atoms with Crippen molar-refractivity contribution in [1.82, 2.24) is 4.98 Å². The van der Waals surface area contributed by atoms with Gasteiger partial charge in [-0.3, -0.25) is 4.98 Å². The highest BCUT2D eigenvalue weighted by molar-refractivity contribution is 6.10. The minimum atomic E-state index is 0.751. The largest absolute Gasteiger partial charge is 0.398 e. The lowest BCUT2D eigenvalue weighted by Gasteiger charge is -2.19. The lowest BCUT2D eigenvalue weighted by atomic mass is 9.86. The van der Waals surface area contributed by atoms with Gasteiger partial charge in [-0.1, -0.05) is 146 Å². The number of allylic oxidation sites excluding steroid dienone is 2. The maximum Gasteiger partial charge on any atom is 0.0702 e. The van der Waals surface area contributed by atoms with Gasteiger partial charge in [-0.2, -0.15) is 0 Å². The summed E-state index contributed by atoms with van der Waals surface area (Å²) in [6, 6.07) is 60.0. The number of fused-ring (bicyclic) bond motifs is 4. The molecule has 9 rings (SSSR count). The fourth-order valence-electron chi connectivity index (χ4n) is 7.25. The third-order valence-corrected chi connectivity index (χ3v) is 10.00. The molecule has 0 saturated carbocycles. The Hall–Kier alpha value is -6.77. The quantitative estimate of drug-likeness (QED) is 0.144. The van der Waals surface area contributed by atoms with Crippen LogP contribution in [0.3, 0.4) is 0 Å². The summed E-state index contributed by atoms with van der Waals surface area (Å²) in [7, 11) is 0. The van der Waals surface area contributed by atoms with Crippen molar-refractivity contribution in [1.29, 1.82) is 0 Å². The second-order valence-electron chi connectivity index (χ2n) is 13.1. The summed E-state index contributed by atoms with van der Waals surface area (Å²) in [6.07, 6.45) is 4.14. The Morgan fingerprint density at radius 3 is 1.82 bits per heavy atom. The molecule has 0 bridgehead atoms. The summed E-state index contributed by atoms with van der Waals surface area (Å²) < 4.78 is 0. The molecular weight excluding hydrogens is 617 g/mol. The van der Waals surface area contributed by atoms with Gasteiger partial charge in [0.25, 0.3) is 0 Å². The van der Waals surface area contributed by atoms with Crippen LogP contribution in [0.2, 0.25) is 0 Å². The number of para-hydroxylation sites is 1. The zero-order valence-electron chi connectivity index (χ0n) is 28.1. The predicted molar refractivity (Wildman–Crippen MR) is 219 cm³/mol. The van der Waals surface area contributed by atoms with Crippen LogP contribution in [0.5, 0.6) is 0 Å². The lowest BCUT2D eigenvalue weighted by molar-refractivity contribution is 1.41. The molecule has 0 unspecified atom stereocenters. The highest BCUT2D eigenvalue weighted by Crippen LogP contribution is 2.41. The molecule has 1 aromatic heterocycles. The van der Waals surface area contributed by atoms with Crippen LogP contribution in [0.1, 0.15) is 16.7 Å². The van der Waals surface area contributed by atoms with Crippen LogP contribution in [0.4, 0.5) is 5.69 Å². The Morgan fingerprint density at radius 2 is 1.06 bits per heavy atom. The number of pyridine rings is 1. The highest BCUT2D eigenvalue weighted by Gasteiger charge is 2.17. The van der Waals surface area contributed by atoms with E-state index in [9.17, 15) is 0 Å². The van der Waals surface area contributed by atoms with Crippen LogP contribution in [0.15, 0.2) is 189 Å². The van der Waals surface area contributed by atoms with Gasteiger partial charge in [0.15, 0.2) is 0 Å². The van der Waals surface area contributed by atoms with E-state index >= 15 is 0 Å². The Kier molecular flexibility index (Phi) is 7.48. The first kappa shape index (κ1) is 30.3. The number of hydrogen-bond donors (Lipinski definition) is 1. The fourth-order valence-corrected chi connectivity index (χ4v) is 7.25. The van der Waals surface area contributed by atoms with Crippen molar-refractivity contribution in [2.45, 2.75) is 0 Å². The van der Waals surface area contributed by atoms with Gasteiger partial charge in [0.1, 0.15) is 0 Å². The molecule has 2 N–H and O–H groups in total. The second kappa shape index (κ2) is 12.6. The predicted octanol–water partition coefficient (Wildman–Crippen LogP) is 12.8. The van der Waals surface area contributed by atoms with Gasteiger partial charge in [0, 0.05) is 33.8 Å². The molecule has 240 valence electrons. The molecule has 0 amide bonds. The Bertz CT molecular complexity index is 2820. The van der Waals surface area contributed by atoms with E-state index in [0.717, 1.165) is 77.5 Å². The minimum Gasteiger partial charge on any atom is -0.398 e. The minimum absolute atomic E-state index is 0.751. The topological polar surface area (TPSA) is 38.9 Å². The number of benzene rings is 8. The van der Waals surface area contributed by atoms with E-state index in [-0.39, 0.29) is 0 Å². The molecular formula is C49H34N2. The number of nitrogens with zero attached hydrogens (tertiary/aromatic N) is 1. The van der Waals surface area contributed by atoms with Gasteiger partial charge in [-0.25, -0.2) is 0 Å². The van der Waals surface area contributed by atoms with Crippen LogP contribution < -0.4 is 5.73 Å². The van der Waals surface area contributed by atoms with Crippen molar-refractivity contribution in [2.75, 3.05) is 5.73 Å². The monoisotopic (exact) mass is 650 g/mol. The number of anilines is 1. The molecule has 0 saturated heterocycles. The first-order chi connectivity index (χ1) is 25.1. The molecule has 0 aliphatic heterocycles. The van der Waals surface area contributed by atoms with E-state index in [4.69, 9.17) is 5.73 Å². The Balaban J connectivity index is 1.20. The number of aromatic nitrogens is 1. The van der Waals surface area contributed by atoms with Crippen LogP contribution in [-0.4, -0.2) is 4.98 Å². The molecule has 2 nitrogen and oxygen atoms in total. The van der Waals surface area contributed by atoms with Gasteiger partial charge in [-0.05, 0) is 102 Å². The number of hydrogen-bond acceptors (Lipinski definition) is 2. The standard InChI is InChI=1S/C49H34N2/c1-32(33-18-20-36(21-19-33)42-29-41-14-6-9-17-48(41)51-31-42)26-45(39-24-22-34-10-2-4-12-37(34)27-39)47-30-46(43-15-7-8-16-44(43)49(47)50)40-25-23-35-11-3-5-13-38(35)28-40/h2-31H,1,50H2/b45-26-. The van der Waals surface area contributed by atoms with Crippen LogP contribution in [0.25, 0.3) is 76.6 Å². The number of nitrogen functional groups attached to an aromatic ring is 1. The van der Waals surface area contributed by atoms with Crippen LogP contribution in [-0.2, 0) is 0 Å². The molecule has 51 heavy (non-hydrogen) atoms. The Labute approximate surface area is 297 Å². The van der Waals surface area contributed by atoms with E-state index in [2.05, 4.69) is 169 Å². The summed E-state index contributed by atoms with van der Waals surface area (Å²) in [5, 5.41) is 8.09. The summed E-state index contributed by atoms with van der Waals surface area (Å²) in [6.45, 7) is 4.60. The van der Waals surface area contributed by atoms with Crippen molar-refractivity contribution >= 4 is 60.1 Å². The van der Waals surface area contributed by atoms with Gasteiger partial charge in [0.05, 0.1) is 5.52 Å². The highest BCUT2D eigenvalue weighted by atomic mass is 14.6. The zero-order chi connectivity index (χ0) is 34.3. The fraction of sp³-hybridized carbons (Fsp3) is 0. The molecule has 0 spiro atoms. The van der Waals surface area contributed by atoms with E-state index in [0.29, 0.717) is 0 Å². The molecule has 1 heterocycles. The summed E-state index contributed by atoms with van der Waals surface area (Å²) in [4.78, 5) is 4.68. The molecule has 0 aliphatic carbocycles. The van der Waals surface area contributed by atoms with Crippen molar-refractivity contribution in [3.63, 3.8) is 0 Å². The summed E-state index contributed by atoms with van der Waals surface area (Å²) >= 11 is 0. The average Bonchev–Trinajstić information content (AvgIpc) is 3.20. The van der Waals surface area contributed by atoms with Crippen LogP contribution >= 0.6 is 0 Å². The molecule has 2 heteroatoms. The third kappa shape index (κ3) is 5.63. The lowest BCUT2D eigenvalue weighted by Crippen LogP contribution is -1.99. The molecule has 0 atom stereocenters. The van der Waals surface area contributed by atoms with Crippen molar-refractivity contribution in [3.05, 3.63) is 205 Å². The molecule has 0 radical (unpaired) electrons. The van der Waals surface area contributed by atoms with Crippen molar-refractivity contribution < 1.29 is 0 Å². The van der Waals surface area contributed by atoms with Crippen molar-refractivity contribution in [2.24, 2.45) is 0 Å². The zero-order valence-corrected chi connectivity index (χ0v) is 28.1. The maximum atomic E-state index is 7.17. The molecule has 0 aliphatic rings. The van der Waals surface area contributed by atoms with Gasteiger partial charge >= 0.3 is 0 Å². The SMILES string of the molecule is C=C(/C=C(/c1ccc2ccccc2c1)c1cc(-c2ccc3ccccc3c2)c2ccccc2c1N)c1ccc(-c2cnc3ccccc3c2)cc1. The van der Waals surface area contributed by atoms with E-state index in [1.54, 1.807) is 0 Å². The van der Waals surface area contributed by atoms with E-state index in [1.807, 2.05) is 24.4 Å². The van der Waals surface area contributed by atoms with E-state index in [1.165, 1.54) is 21.5 Å². The van der Waals surface area contributed by atoms with Crippen LogP contribution in [0, 0.1) is 0 Å². The summed E-state index contributed by atoms with van der Waals surface area (Å²) in [5.74, 6) is 0. The normalized spacial score (nSPS) is 11.8.